The number of nitrogens with zero attached hydrogens (tertiary/aromatic N) is 1. The lowest BCUT2D eigenvalue weighted by Crippen LogP contribution is -2.24. The molecule has 1 amide bonds. The van der Waals surface area contributed by atoms with Gasteiger partial charge in [0.05, 0.1) is 0 Å². The Hall–Kier alpha value is -1.62. The predicted octanol–water partition coefficient (Wildman–Crippen LogP) is 1.30. The van der Waals surface area contributed by atoms with E-state index in [4.69, 9.17) is 12.2 Å². The number of amides is 1. The van der Waals surface area contributed by atoms with Crippen LogP contribution in [0.2, 0.25) is 0 Å². The molecule has 0 fully saturated rings. The summed E-state index contributed by atoms with van der Waals surface area (Å²) in [5, 5.41) is 6.34. The van der Waals surface area contributed by atoms with Crippen molar-refractivity contribution in [3.63, 3.8) is 0 Å². The number of anilines is 1. The molecule has 0 heterocycles. The highest BCUT2D eigenvalue weighted by Crippen LogP contribution is 2.10. The molecule has 1 aromatic rings. The number of carbonyl (C=O) groups is 1. The van der Waals surface area contributed by atoms with Gasteiger partial charge in [0.1, 0.15) is 0 Å². The maximum atomic E-state index is 11.6. The van der Waals surface area contributed by atoms with Crippen LogP contribution in [0.25, 0.3) is 0 Å². The highest BCUT2D eigenvalue weighted by molar-refractivity contribution is 7.80. The van der Waals surface area contributed by atoms with E-state index < -0.39 is 0 Å². The second kappa shape index (κ2) is 5.46. The smallest absolute Gasteiger partial charge is 0.253 e. The van der Waals surface area contributed by atoms with Crippen LogP contribution in [0, 0.1) is 0 Å². The van der Waals surface area contributed by atoms with E-state index in [0.29, 0.717) is 10.7 Å². The molecule has 0 aliphatic rings. The largest absolute Gasteiger partial charge is 0.366 e. The normalized spacial score (nSPS) is 9.44. The molecule has 5 heteroatoms. The fraction of sp³-hybridized carbons (Fsp3) is 0.273. The summed E-state index contributed by atoms with van der Waals surface area (Å²) in [5.41, 5.74) is 1.51. The minimum atomic E-state index is -0.0113. The van der Waals surface area contributed by atoms with Crippen molar-refractivity contribution < 1.29 is 4.79 Å². The number of nitrogens with one attached hydrogen (secondary N) is 2. The first-order valence-corrected chi connectivity index (χ1v) is 5.26. The number of carbonyl (C=O) groups excluding carboxylic acids is 1. The van der Waals surface area contributed by atoms with E-state index in [9.17, 15) is 4.79 Å². The second-order valence-corrected chi connectivity index (χ2v) is 3.89. The molecular formula is C11H15N3OS. The van der Waals surface area contributed by atoms with Crippen molar-refractivity contribution in [1.82, 2.24) is 10.2 Å². The summed E-state index contributed by atoms with van der Waals surface area (Å²) in [4.78, 5) is 13.1. The van der Waals surface area contributed by atoms with Crippen LogP contribution in [-0.4, -0.2) is 37.1 Å². The third-order valence-corrected chi connectivity index (χ3v) is 2.33. The summed E-state index contributed by atoms with van der Waals surface area (Å²) in [7, 11) is 5.20. The van der Waals surface area contributed by atoms with Gasteiger partial charge in [0.15, 0.2) is 5.11 Å². The number of hydrogen-bond donors (Lipinski definition) is 2. The Morgan fingerprint density at radius 1 is 1.25 bits per heavy atom. The summed E-state index contributed by atoms with van der Waals surface area (Å²) in [5.74, 6) is -0.0113. The zero-order chi connectivity index (χ0) is 12.1. The van der Waals surface area contributed by atoms with E-state index in [0.717, 1.165) is 5.69 Å². The monoisotopic (exact) mass is 237 g/mol. The summed E-state index contributed by atoms with van der Waals surface area (Å²) in [6.45, 7) is 0. The third-order valence-electron chi connectivity index (χ3n) is 2.02. The van der Waals surface area contributed by atoms with Crippen LogP contribution in [-0.2, 0) is 0 Å². The number of hydrogen-bond acceptors (Lipinski definition) is 2. The van der Waals surface area contributed by atoms with Crippen LogP contribution >= 0.6 is 12.2 Å². The highest BCUT2D eigenvalue weighted by atomic mass is 32.1. The van der Waals surface area contributed by atoms with E-state index in [1.165, 1.54) is 0 Å². The fourth-order valence-electron chi connectivity index (χ4n) is 1.15. The van der Waals surface area contributed by atoms with Gasteiger partial charge in [-0.3, -0.25) is 4.79 Å². The van der Waals surface area contributed by atoms with Crippen LogP contribution in [0.5, 0.6) is 0 Å². The average Bonchev–Trinajstić information content (AvgIpc) is 2.28. The van der Waals surface area contributed by atoms with Crippen molar-refractivity contribution >= 4 is 28.9 Å². The van der Waals surface area contributed by atoms with Crippen molar-refractivity contribution in [3.05, 3.63) is 29.8 Å². The Morgan fingerprint density at radius 2 is 1.81 bits per heavy atom. The maximum absolute atomic E-state index is 11.6. The Labute approximate surface area is 101 Å². The van der Waals surface area contributed by atoms with Crippen LogP contribution < -0.4 is 10.6 Å². The quantitative estimate of drug-likeness (QED) is 0.761. The molecule has 0 spiro atoms. The van der Waals surface area contributed by atoms with Gasteiger partial charge >= 0.3 is 0 Å². The van der Waals surface area contributed by atoms with Crippen molar-refractivity contribution in [2.24, 2.45) is 0 Å². The molecule has 0 atom stereocenters. The highest BCUT2D eigenvalue weighted by Gasteiger charge is 2.06. The molecule has 0 saturated heterocycles. The van der Waals surface area contributed by atoms with Crippen molar-refractivity contribution in [2.75, 3.05) is 26.5 Å². The zero-order valence-electron chi connectivity index (χ0n) is 9.57. The van der Waals surface area contributed by atoms with Crippen LogP contribution in [0.3, 0.4) is 0 Å². The molecule has 16 heavy (non-hydrogen) atoms. The summed E-state index contributed by atoms with van der Waals surface area (Å²) >= 11 is 4.97. The SMILES string of the molecule is CNC(=S)Nc1ccc(C(=O)N(C)C)cc1. The maximum Gasteiger partial charge on any atom is 0.253 e. The van der Waals surface area contributed by atoms with E-state index in [2.05, 4.69) is 10.6 Å². The van der Waals surface area contributed by atoms with Gasteiger partial charge in [0, 0.05) is 32.4 Å². The molecule has 1 aromatic carbocycles. The van der Waals surface area contributed by atoms with Crippen LogP contribution in [0.15, 0.2) is 24.3 Å². The zero-order valence-corrected chi connectivity index (χ0v) is 10.4. The van der Waals surface area contributed by atoms with E-state index in [1.54, 1.807) is 38.2 Å². The molecule has 86 valence electrons. The first-order chi connectivity index (χ1) is 7.54. The first kappa shape index (κ1) is 12.4. The van der Waals surface area contributed by atoms with Gasteiger partial charge in [0.25, 0.3) is 5.91 Å². The van der Waals surface area contributed by atoms with Gasteiger partial charge in [-0.05, 0) is 36.5 Å². The van der Waals surface area contributed by atoms with E-state index in [1.807, 2.05) is 12.1 Å². The van der Waals surface area contributed by atoms with Crippen LogP contribution in [0.4, 0.5) is 5.69 Å². The lowest BCUT2D eigenvalue weighted by Gasteiger charge is -2.11. The average molecular weight is 237 g/mol. The predicted molar refractivity (Wildman–Crippen MR) is 69.7 cm³/mol. The Balaban J connectivity index is 2.75. The molecular weight excluding hydrogens is 222 g/mol. The molecule has 0 unspecified atom stereocenters. The van der Waals surface area contributed by atoms with Crippen LogP contribution in [0.1, 0.15) is 10.4 Å². The van der Waals surface area contributed by atoms with Gasteiger partial charge in [-0.2, -0.15) is 0 Å². The molecule has 0 saturated carbocycles. The van der Waals surface area contributed by atoms with Gasteiger partial charge < -0.3 is 15.5 Å². The van der Waals surface area contributed by atoms with Gasteiger partial charge in [-0.1, -0.05) is 0 Å². The second-order valence-electron chi connectivity index (χ2n) is 3.48. The van der Waals surface area contributed by atoms with Gasteiger partial charge in [0.2, 0.25) is 0 Å². The van der Waals surface area contributed by atoms with E-state index >= 15 is 0 Å². The van der Waals surface area contributed by atoms with Crippen molar-refractivity contribution in [3.8, 4) is 0 Å². The van der Waals surface area contributed by atoms with E-state index in [-0.39, 0.29) is 5.91 Å². The minimum absolute atomic E-state index is 0.0113. The Kier molecular flexibility index (Phi) is 4.25. The molecule has 0 radical (unpaired) electrons. The third kappa shape index (κ3) is 3.20. The number of thiocarbonyl (C=S) groups is 1. The first-order valence-electron chi connectivity index (χ1n) is 4.85. The molecule has 2 N–H and O–H groups in total. The molecule has 0 aromatic heterocycles. The lowest BCUT2D eigenvalue weighted by molar-refractivity contribution is 0.0827. The topological polar surface area (TPSA) is 44.4 Å². The lowest BCUT2D eigenvalue weighted by atomic mass is 10.2. The van der Waals surface area contributed by atoms with Gasteiger partial charge in [-0.15, -0.1) is 0 Å². The van der Waals surface area contributed by atoms with Crippen molar-refractivity contribution in [2.45, 2.75) is 0 Å². The fourth-order valence-corrected chi connectivity index (χ4v) is 1.27. The molecule has 1 rings (SSSR count). The number of rotatable bonds is 2. The Bertz CT molecular complexity index is 387. The molecule has 0 bridgehead atoms. The standard InChI is InChI=1S/C11H15N3OS/c1-12-11(16)13-9-6-4-8(5-7-9)10(15)14(2)3/h4-7H,1-3H3,(H2,12,13,16). The molecule has 4 nitrogen and oxygen atoms in total. The summed E-state index contributed by atoms with van der Waals surface area (Å²) in [6, 6.07) is 7.17. The molecule has 0 aliphatic carbocycles. The molecule has 0 aliphatic heterocycles. The van der Waals surface area contributed by atoms with Crippen molar-refractivity contribution in [1.29, 1.82) is 0 Å². The summed E-state index contributed by atoms with van der Waals surface area (Å²) in [6.07, 6.45) is 0. The number of benzene rings is 1. The summed E-state index contributed by atoms with van der Waals surface area (Å²) < 4.78 is 0. The van der Waals surface area contributed by atoms with Gasteiger partial charge in [-0.25, -0.2) is 0 Å². The minimum Gasteiger partial charge on any atom is -0.366 e. The Morgan fingerprint density at radius 3 is 2.25 bits per heavy atom.